The first kappa shape index (κ1) is 16.3. The van der Waals surface area contributed by atoms with Crippen LogP contribution < -0.4 is 10.6 Å². The van der Waals surface area contributed by atoms with Crippen LogP contribution in [0.4, 0.5) is 11.4 Å². The molecular weight excluding hydrogens is 256 g/mol. The fourth-order valence-electron chi connectivity index (χ4n) is 2.10. The first-order chi connectivity index (χ1) is 9.42. The summed E-state index contributed by atoms with van der Waals surface area (Å²) in [5.41, 5.74) is 8.65. The highest BCUT2D eigenvalue weighted by molar-refractivity contribution is 5.97. The predicted octanol–water partition coefficient (Wildman–Crippen LogP) is 2.23. The Morgan fingerprint density at radius 1 is 1.35 bits per heavy atom. The number of nitrogen functional groups attached to an aromatic ring is 1. The van der Waals surface area contributed by atoms with E-state index in [0.29, 0.717) is 23.9 Å². The van der Waals surface area contributed by atoms with Crippen LogP contribution in [0.25, 0.3) is 0 Å². The Kier molecular flexibility index (Phi) is 5.82. The zero-order chi connectivity index (χ0) is 15.3. The van der Waals surface area contributed by atoms with Crippen LogP contribution in [0.5, 0.6) is 0 Å². The second kappa shape index (κ2) is 7.14. The summed E-state index contributed by atoms with van der Waals surface area (Å²) in [7, 11) is 3.03. The Hall–Kier alpha value is -1.75. The number of nitrogens with zero attached hydrogens (tertiary/aromatic N) is 1. The second-order valence-electron chi connectivity index (χ2n) is 5.00. The van der Waals surface area contributed by atoms with Gasteiger partial charge in [-0.05, 0) is 38.5 Å². The number of nitrogens with two attached hydrogens (primary N) is 1. The zero-order valence-electron chi connectivity index (χ0n) is 12.9. The molecule has 0 fully saturated rings. The van der Waals surface area contributed by atoms with Crippen molar-refractivity contribution >= 4 is 17.3 Å². The second-order valence-corrected chi connectivity index (χ2v) is 5.00. The van der Waals surface area contributed by atoms with E-state index in [1.54, 1.807) is 13.2 Å². The first-order valence-corrected chi connectivity index (χ1v) is 6.66. The van der Waals surface area contributed by atoms with Crippen LogP contribution in [-0.2, 0) is 9.47 Å². The number of carbonyl (C=O) groups excluding carboxylic acids is 1. The van der Waals surface area contributed by atoms with Crippen LogP contribution in [0, 0.1) is 6.92 Å². The number of ether oxygens (including phenoxy) is 2. The molecule has 20 heavy (non-hydrogen) atoms. The summed E-state index contributed by atoms with van der Waals surface area (Å²) in [5.74, 6) is -0.414. The van der Waals surface area contributed by atoms with Gasteiger partial charge in [-0.15, -0.1) is 0 Å². The number of aryl methyl sites for hydroxylation is 1. The number of hydrogen-bond acceptors (Lipinski definition) is 5. The SMILES string of the molecule is COCCN(c1cc(C)c(N)c(C(=O)OC)c1)C(C)C. The van der Waals surface area contributed by atoms with Crippen molar-refractivity contribution in [2.45, 2.75) is 26.8 Å². The van der Waals surface area contributed by atoms with E-state index in [4.69, 9.17) is 15.2 Å². The van der Waals surface area contributed by atoms with Gasteiger partial charge in [-0.3, -0.25) is 0 Å². The highest BCUT2D eigenvalue weighted by Crippen LogP contribution is 2.27. The molecular formula is C15H24N2O3. The van der Waals surface area contributed by atoms with Crippen molar-refractivity contribution in [2.75, 3.05) is 38.0 Å². The summed E-state index contributed by atoms with van der Waals surface area (Å²) < 4.78 is 9.93. The molecule has 1 aromatic rings. The largest absolute Gasteiger partial charge is 0.465 e. The van der Waals surface area contributed by atoms with Crippen molar-refractivity contribution < 1.29 is 14.3 Å². The Bertz CT molecular complexity index is 472. The molecule has 112 valence electrons. The number of methoxy groups -OCH3 is 2. The van der Waals surface area contributed by atoms with E-state index in [1.165, 1.54) is 7.11 Å². The molecule has 0 saturated heterocycles. The van der Waals surface area contributed by atoms with Gasteiger partial charge in [-0.2, -0.15) is 0 Å². The van der Waals surface area contributed by atoms with Crippen LogP contribution in [0.1, 0.15) is 29.8 Å². The molecule has 0 aliphatic rings. The lowest BCUT2D eigenvalue weighted by Crippen LogP contribution is -2.34. The van der Waals surface area contributed by atoms with Gasteiger partial charge in [-0.1, -0.05) is 0 Å². The number of esters is 1. The molecule has 0 bridgehead atoms. The van der Waals surface area contributed by atoms with E-state index < -0.39 is 5.97 Å². The molecule has 0 aliphatic carbocycles. The Balaban J connectivity index is 3.22. The summed E-state index contributed by atoms with van der Waals surface area (Å²) in [5, 5.41) is 0. The molecule has 1 rings (SSSR count). The lowest BCUT2D eigenvalue weighted by Gasteiger charge is -2.29. The van der Waals surface area contributed by atoms with Crippen LogP contribution >= 0.6 is 0 Å². The maximum atomic E-state index is 11.8. The van der Waals surface area contributed by atoms with E-state index in [2.05, 4.69) is 18.7 Å². The van der Waals surface area contributed by atoms with Crippen LogP contribution in [0.2, 0.25) is 0 Å². The molecule has 1 aromatic carbocycles. The molecule has 0 atom stereocenters. The molecule has 5 nitrogen and oxygen atoms in total. The van der Waals surface area contributed by atoms with Gasteiger partial charge in [0.15, 0.2) is 0 Å². The van der Waals surface area contributed by atoms with E-state index in [-0.39, 0.29) is 0 Å². The zero-order valence-corrected chi connectivity index (χ0v) is 12.9. The lowest BCUT2D eigenvalue weighted by molar-refractivity contribution is 0.0602. The maximum absolute atomic E-state index is 11.8. The monoisotopic (exact) mass is 280 g/mol. The molecule has 2 N–H and O–H groups in total. The number of benzene rings is 1. The summed E-state index contributed by atoms with van der Waals surface area (Å²) in [4.78, 5) is 14.0. The third-order valence-corrected chi connectivity index (χ3v) is 3.27. The smallest absolute Gasteiger partial charge is 0.340 e. The molecule has 0 radical (unpaired) electrons. The average molecular weight is 280 g/mol. The predicted molar refractivity (Wildman–Crippen MR) is 81.3 cm³/mol. The highest BCUT2D eigenvalue weighted by Gasteiger charge is 2.17. The minimum absolute atomic E-state index is 0.290. The number of anilines is 2. The number of hydrogen-bond donors (Lipinski definition) is 1. The van der Waals surface area contributed by atoms with E-state index in [9.17, 15) is 4.79 Å². The summed E-state index contributed by atoms with van der Waals surface area (Å²) in [6, 6.07) is 4.06. The molecule has 5 heteroatoms. The van der Waals surface area contributed by atoms with Crippen LogP contribution in [0.15, 0.2) is 12.1 Å². The topological polar surface area (TPSA) is 64.8 Å². The molecule has 0 heterocycles. The van der Waals surface area contributed by atoms with Crippen molar-refractivity contribution in [3.05, 3.63) is 23.3 Å². The fraction of sp³-hybridized carbons (Fsp3) is 0.533. The van der Waals surface area contributed by atoms with Gasteiger partial charge in [0, 0.05) is 31.1 Å². The first-order valence-electron chi connectivity index (χ1n) is 6.66. The number of rotatable bonds is 6. The van der Waals surface area contributed by atoms with Gasteiger partial charge in [0.05, 0.1) is 19.3 Å². The van der Waals surface area contributed by atoms with E-state index in [0.717, 1.165) is 17.8 Å². The van der Waals surface area contributed by atoms with Crippen LogP contribution in [0.3, 0.4) is 0 Å². The standard InChI is InChI=1S/C15H24N2O3/c1-10(2)17(6-7-19-4)12-8-11(3)14(16)13(9-12)15(18)20-5/h8-10H,6-7,16H2,1-5H3. The summed E-state index contributed by atoms with van der Waals surface area (Å²) >= 11 is 0. The summed E-state index contributed by atoms with van der Waals surface area (Å²) in [6.07, 6.45) is 0. The molecule has 0 aromatic heterocycles. The Morgan fingerprint density at radius 2 is 2.00 bits per heavy atom. The molecule has 0 saturated carbocycles. The Labute approximate surface area is 120 Å². The quantitative estimate of drug-likeness (QED) is 0.639. The molecule has 0 amide bonds. The normalized spacial score (nSPS) is 10.7. The van der Waals surface area contributed by atoms with Gasteiger partial charge in [-0.25, -0.2) is 4.79 Å². The maximum Gasteiger partial charge on any atom is 0.340 e. The van der Waals surface area contributed by atoms with Crippen molar-refractivity contribution in [1.29, 1.82) is 0 Å². The summed E-state index contributed by atoms with van der Waals surface area (Å²) in [6.45, 7) is 7.45. The molecule has 0 spiro atoms. The van der Waals surface area contributed by atoms with Crippen molar-refractivity contribution in [2.24, 2.45) is 0 Å². The highest BCUT2D eigenvalue weighted by atomic mass is 16.5. The molecule has 0 aliphatic heterocycles. The third-order valence-electron chi connectivity index (χ3n) is 3.27. The average Bonchev–Trinajstić information content (AvgIpc) is 2.41. The van der Waals surface area contributed by atoms with Gasteiger partial charge in [0.2, 0.25) is 0 Å². The van der Waals surface area contributed by atoms with Gasteiger partial charge >= 0.3 is 5.97 Å². The van der Waals surface area contributed by atoms with Crippen molar-refractivity contribution in [1.82, 2.24) is 0 Å². The fourth-order valence-corrected chi connectivity index (χ4v) is 2.10. The molecule has 0 unspecified atom stereocenters. The van der Waals surface area contributed by atoms with Crippen molar-refractivity contribution in [3.63, 3.8) is 0 Å². The van der Waals surface area contributed by atoms with E-state index in [1.807, 2.05) is 13.0 Å². The number of carbonyl (C=O) groups is 1. The van der Waals surface area contributed by atoms with Gasteiger partial charge < -0.3 is 20.1 Å². The van der Waals surface area contributed by atoms with Crippen molar-refractivity contribution in [3.8, 4) is 0 Å². The minimum Gasteiger partial charge on any atom is -0.465 e. The van der Waals surface area contributed by atoms with Crippen LogP contribution in [-0.4, -0.2) is 39.4 Å². The lowest BCUT2D eigenvalue weighted by atomic mass is 10.1. The van der Waals surface area contributed by atoms with Gasteiger partial charge in [0.1, 0.15) is 0 Å². The van der Waals surface area contributed by atoms with Gasteiger partial charge in [0.25, 0.3) is 0 Å². The van der Waals surface area contributed by atoms with E-state index >= 15 is 0 Å². The third kappa shape index (κ3) is 3.63. The minimum atomic E-state index is -0.414. The Morgan fingerprint density at radius 3 is 2.50 bits per heavy atom.